The molecule has 1 N–H and O–H groups in total. The number of carbonyl (C=O) groups excluding carboxylic acids is 2. The zero-order valence-electron chi connectivity index (χ0n) is 16.2. The second-order valence-electron chi connectivity index (χ2n) is 8.42. The molecule has 2 aromatic rings. The van der Waals surface area contributed by atoms with Gasteiger partial charge in [-0.2, -0.15) is 0 Å². The van der Waals surface area contributed by atoms with Crippen molar-refractivity contribution in [1.82, 2.24) is 9.88 Å². The Morgan fingerprint density at radius 1 is 1.19 bits per heavy atom. The highest BCUT2D eigenvalue weighted by atomic mass is 16.6. The lowest BCUT2D eigenvalue weighted by Gasteiger charge is -2.29. The van der Waals surface area contributed by atoms with E-state index in [0.29, 0.717) is 19.5 Å². The van der Waals surface area contributed by atoms with Gasteiger partial charge in [-0.1, -0.05) is 12.1 Å². The van der Waals surface area contributed by atoms with E-state index in [1.165, 1.54) is 11.1 Å². The Balaban J connectivity index is 1.57. The minimum Gasteiger partial charge on any atom is -0.444 e. The first-order valence-corrected chi connectivity index (χ1v) is 9.67. The van der Waals surface area contributed by atoms with Crippen molar-refractivity contribution < 1.29 is 14.3 Å². The number of carbonyl (C=O) groups is 2. The molecular formula is C22H26N2O3. The van der Waals surface area contributed by atoms with Crippen LogP contribution in [0.5, 0.6) is 0 Å². The Hall–Kier alpha value is -2.56. The quantitative estimate of drug-likeness (QED) is 0.795. The van der Waals surface area contributed by atoms with Crippen LogP contribution in [0.15, 0.2) is 24.3 Å². The summed E-state index contributed by atoms with van der Waals surface area (Å²) in [4.78, 5) is 29.4. The summed E-state index contributed by atoms with van der Waals surface area (Å²) in [6.07, 6.45) is 5.17. The van der Waals surface area contributed by atoms with E-state index >= 15 is 0 Å². The summed E-state index contributed by atoms with van der Waals surface area (Å²) in [6, 6.07) is 6.36. The highest BCUT2D eigenvalue weighted by Gasteiger charge is 2.25. The van der Waals surface area contributed by atoms with Gasteiger partial charge in [0.1, 0.15) is 5.60 Å². The number of rotatable bonds is 1. The number of aromatic amines is 1. The summed E-state index contributed by atoms with van der Waals surface area (Å²) in [7, 11) is 0. The second kappa shape index (κ2) is 6.55. The zero-order chi connectivity index (χ0) is 19.2. The molecule has 5 heteroatoms. The number of benzene rings is 1. The summed E-state index contributed by atoms with van der Waals surface area (Å²) < 4.78 is 5.46. The standard InChI is InChI=1S/C22H26N2O3/c1-22(2,3)27-21(26)24-11-9-14(10-12-24)15-7-8-18-17(13-15)16-5-4-6-19(25)20(16)23-18/h7-9,13,23H,4-6,10-12H2,1-3H3. The van der Waals surface area contributed by atoms with Gasteiger partial charge < -0.3 is 14.6 Å². The van der Waals surface area contributed by atoms with Crippen molar-refractivity contribution in [2.45, 2.75) is 52.1 Å². The Bertz CT molecular complexity index is 946. The summed E-state index contributed by atoms with van der Waals surface area (Å²) in [5.74, 6) is 0.221. The summed E-state index contributed by atoms with van der Waals surface area (Å²) in [5.41, 5.74) is 4.93. The average Bonchev–Trinajstić information content (AvgIpc) is 3.00. The maximum Gasteiger partial charge on any atom is 0.410 e. The highest BCUT2D eigenvalue weighted by Crippen LogP contribution is 2.32. The van der Waals surface area contributed by atoms with Gasteiger partial charge in [-0.15, -0.1) is 0 Å². The van der Waals surface area contributed by atoms with Crippen LogP contribution in [0.1, 0.15) is 61.6 Å². The average molecular weight is 366 g/mol. The molecule has 0 fully saturated rings. The number of ether oxygens (including phenoxy) is 1. The van der Waals surface area contributed by atoms with Crippen molar-refractivity contribution in [3.8, 4) is 0 Å². The molecule has 0 saturated heterocycles. The second-order valence-corrected chi connectivity index (χ2v) is 8.42. The van der Waals surface area contributed by atoms with Crippen molar-refractivity contribution in [3.05, 3.63) is 41.1 Å². The van der Waals surface area contributed by atoms with Gasteiger partial charge in [0.2, 0.25) is 0 Å². The molecule has 1 aliphatic carbocycles. The first kappa shape index (κ1) is 17.8. The number of ketones is 1. The molecule has 1 aromatic heterocycles. The molecule has 1 amide bonds. The number of aromatic nitrogens is 1. The van der Waals surface area contributed by atoms with Crippen LogP contribution in [0.25, 0.3) is 16.5 Å². The van der Waals surface area contributed by atoms with Crippen LogP contribution in [0.3, 0.4) is 0 Å². The molecule has 0 bridgehead atoms. The van der Waals surface area contributed by atoms with Gasteiger partial charge in [0, 0.05) is 30.4 Å². The summed E-state index contributed by atoms with van der Waals surface area (Å²) in [6.45, 7) is 6.86. The Kier molecular flexibility index (Phi) is 4.33. The van der Waals surface area contributed by atoms with Gasteiger partial charge in [0.05, 0.1) is 5.69 Å². The zero-order valence-corrected chi connectivity index (χ0v) is 16.2. The van der Waals surface area contributed by atoms with Crippen molar-refractivity contribution in [2.24, 2.45) is 0 Å². The minimum atomic E-state index is -0.475. The molecule has 1 aromatic carbocycles. The molecule has 0 saturated carbocycles. The number of Topliss-reactive ketones (excluding diaryl/α,β-unsaturated/α-hetero) is 1. The molecule has 2 heterocycles. The van der Waals surface area contributed by atoms with Crippen LogP contribution in [0.4, 0.5) is 4.79 Å². The van der Waals surface area contributed by atoms with Gasteiger partial charge in [-0.3, -0.25) is 4.79 Å². The molecule has 4 rings (SSSR count). The number of aryl methyl sites for hydroxylation is 1. The number of nitrogens with zero attached hydrogens (tertiary/aromatic N) is 1. The van der Waals surface area contributed by atoms with E-state index in [0.717, 1.165) is 41.4 Å². The molecular weight excluding hydrogens is 340 g/mol. The number of hydrogen-bond acceptors (Lipinski definition) is 3. The van der Waals surface area contributed by atoms with Gasteiger partial charge in [0.25, 0.3) is 0 Å². The SMILES string of the molecule is CC(C)(C)OC(=O)N1CC=C(c2ccc3[nH]c4c(c3c2)CCCC4=O)CC1. The van der Waals surface area contributed by atoms with Crippen molar-refractivity contribution in [1.29, 1.82) is 0 Å². The van der Waals surface area contributed by atoms with Crippen molar-refractivity contribution in [3.63, 3.8) is 0 Å². The fourth-order valence-electron chi connectivity index (χ4n) is 3.92. The van der Waals surface area contributed by atoms with Crippen LogP contribution in [0, 0.1) is 0 Å². The molecule has 0 unspecified atom stereocenters. The number of amides is 1. The van der Waals surface area contributed by atoms with E-state index in [1.807, 2.05) is 20.8 Å². The summed E-state index contributed by atoms with van der Waals surface area (Å²) in [5, 5.41) is 1.16. The van der Waals surface area contributed by atoms with Crippen molar-refractivity contribution in [2.75, 3.05) is 13.1 Å². The fraction of sp³-hybridized carbons (Fsp3) is 0.455. The normalized spacial score (nSPS) is 17.7. The largest absolute Gasteiger partial charge is 0.444 e. The molecule has 5 nitrogen and oxygen atoms in total. The predicted molar refractivity (Wildman–Crippen MR) is 106 cm³/mol. The minimum absolute atomic E-state index is 0.221. The molecule has 0 atom stereocenters. The monoisotopic (exact) mass is 366 g/mol. The van der Waals surface area contributed by atoms with Crippen LogP contribution < -0.4 is 0 Å². The van der Waals surface area contributed by atoms with E-state index in [1.54, 1.807) is 4.90 Å². The third-order valence-corrected chi connectivity index (χ3v) is 5.25. The number of nitrogens with one attached hydrogen (secondary N) is 1. The van der Waals surface area contributed by atoms with Gasteiger partial charge in [-0.25, -0.2) is 4.79 Å². The third kappa shape index (κ3) is 3.51. The molecule has 142 valence electrons. The number of H-pyrrole nitrogens is 1. The third-order valence-electron chi connectivity index (χ3n) is 5.25. The Morgan fingerprint density at radius 2 is 2.00 bits per heavy atom. The Morgan fingerprint density at radius 3 is 2.70 bits per heavy atom. The lowest BCUT2D eigenvalue weighted by atomic mass is 9.92. The van der Waals surface area contributed by atoms with Crippen LogP contribution >= 0.6 is 0 Å². The fourth-order valence-corrected chi connectivity index (χ4v) is 3.92. The lowest BCUT2D eigenvalue weighted by molar-refractivity contribution is 0.0270. The van der Waals surface area contributed by atoms with Crippen LogP contribution in [-0.2, 0) is 11.2 Å². The van der Waals surface area contributed by atoms with Crippen molar-refractivity contribution >= 4 is 28.4 Å². The van der Waals surface area contributed by atoms with E-state index in [4.69, 9.17) is 4.74 Å². The first-order valence-electron chi connectivity index (χ1n) is 9.67. The summed E-state index contributed by atoms with van der Waals surface area (Å²) >= 11 is 0. The molecule has 0 spiro atoms. The van der Waals surface area contributed by atoms with E-state index in [-0.39, 0.29) is 11.9 Å². The smallest absolute Gasteiger partial charge is 0.410 e. The first-order chi connectivity index (χ1) is 12.8. The maximum absolute atomic E-state index is 12.2. The van der Waals surface area contributed by atoms with Gasteiger partial charge >= 0.3 is 6.09 Å². The Labute approximate surface area is 159 Å². The molecule has 0 radical (unpaired) electrons. The van der Waals surface area contributed by atoms with Gasteiger partial charge in [0.15, 0.2) is 5.78 Å². The van der Waals surface area contributed by atoms with Crippen LogP contribution in [-0.4, -0.2) is 40.5 Å². The van der Waals surface area contributed by atoms with E-state index < -0.39 is 5.60 Å². The highest BCUT2D eigenvalue weighted by molar-refractivity contribution is 6.03. The number of hydrogen-bond donors (Lipinski definition) is 1. The molecule has 1 aliphatic heterocycles. The maximum atomic E-state index is 12.2. The van der Waals surface area contributed by atoms with E-state index in [2.05, 4.69) is 29.3 Å². The van der Waals surface area contributed by atoms with Crippen LogP contribution in [0.2, 0.25) is 0 Å². The molecule has 2 aliphatic rings. The lowest BCUT2D eigenvalue weighted by Crippen LogP contribution is -2.39. The number of fused-ring (bicyclic) bond motifs is 3. The van der Waals surface area contributed by atoms with Gasteiger partial charge in [-0.05, 0) is 68.9 Å². The topological polar surface area (TPSA) is 62.4 Å². The molecule has 27 heavy (non-hydrogen) atoms. The van der Waals surface area contributed by atoms with E-state index in [9.17, 15) is 9.59 Å². The predicted octanol–water partition coefficient (Wildman–Crippen LogP) is 4.71.